The van der Waals surface area contributed by atoms with E-state index in [2.05, 4.69) is 15.6 Å². The maximum Gasteiger partial charge on any atom is 0.204 e. The van der Waals surface area contributed by atoms with Crippen molar-refractivity contribution in [3.8, 4) is 6.19 Å². The van der Waals surface area contributed by atoms with Gasteiger partial charge in [-0.15, -0.1) is 11.6 Å². The van der Waals surface area contributed by atoms with E-state index >= 15 is 0 Å². The largest absolute Gasteiger partial charge is 0.359 e. The van der Waals surface area contributed by atoms with Crippen LogP contribution in [0.2, 0.25) is 0 Å². The van der Waals surface area contributed by atoms with Crippen molar-refractivity contribution in [2.75, 3.05) is 19.5 Å². The van der Waals surface area contributed by atoms with Crippen molar-refractivity contribution in [1.29, 1.82) is 5.26 Å². The minimum atomic E-state index is 0.447. The first-order valence-corrected chi connectivity index (χ1v) is 3.32. The second kappa shape index (κ2) is 6.17. The van der Waals surface area contributed by atoms with Gasteiger partial charge in [-0.05, 0) is 0 Å². The lowest BCUT2D eigenvalue weighted by Gasteiger charge is -1.99. The molecule has 0 unspecified atom stereocenters. The minimum Gasteiger partial charge on any atom is -0.359 e. The summed E-state index contributed by atoms with van der Waals surface area (Å²) in [4.78, 5) is 3.89. The van der Waals surface area contributed by atoms with Crippen LogP contribution in [0, 0.1) is 11.5 Å². The Balaban J connectivity index is 3.69. The van der Waals surface area contributed by atoms with Crippen LogP contribution >= 0.6 is 11.6 Å². The Hall–Kier alpha value is -0.950. The summed E-state index contributed by atoms with van der Waals surface area (Å²) < 4.78 is 0. The van der Waals surface area contributed by atoms with Gasteiger partial charge in [-0.2, -0.15) is 5.26 Å². The zero-order chi connectivity index (χ0) is 7.82. The molecule has 0 atom stereocenters. The highest BCUT2D eigenvalue weighted by atomic mass is 35.5. The number of aliphatic imine (C=N–C) groups is 1. The molecule has 0 spiro atoms. The number of halogens is 1. The van der Waals surface area contributed by atoms with E-state index in [1.807, 2.05) is 0 Å². The van der Waals surface area contributed by atoms with Gasteiger partial charge in [0, 0.05) is 12.9 Å². The van der Waals surface area contributed by atoms with Gasteiger partial charge in [-0.3, -0.25) is 10.3 Å². The summed E-state index contributed by atoms with van der Waals surface area (Å²) in [5.74, 6) is 0.904. The van der Waals surface area contributed by atoms with E-state index in [0.717, 1.165) is 0 Å². The molecular weight excluding hydrogens is 152 g/mol. The van der Waals surface area contributed by atoms with Gasteiger partial charge in [0.25, 0.3) is 0 Å². The fraction of sp³-hybridized carbons (Fsp3) is 0.600. The summed E-state index contributed by atoms with van der Waals surface area (Å²) >= 11 is 5.36. The van der Waals surface area contributed by atoms with Gasteiger partial charge in [0.05, 0.1) is 6.54 Å². The predicted molar refractivity (Wildman–Crippen MR) is 40.8 cm³/mol. The van der Waals surface area contributed by atoms with Crippen molar-refractivity contribution < 1.29 is 0 Å². The Kier molecular flexibility index (Phi) is 5.59. The smallest absolute Gasteiger partial charge is 0.204 e. The van der Waals surface area contributed by atoms with Crippen LogP contribution < -0.4 is 10.6 Å². The molecule has 0 aromatic heterocycles. The molecule has 0 rings (SSSR count). The number of nitrogens with zero attached hydrogens (tertiary/aromatic N) is 2. The first-order chi connectivity index (χ1) is 4.85. The van der Waals surface area contributed by atoms with Crippen LogP contribution in [0.3, 0.4) is 0 Å². The topological polar surface area (TPSA) is 60.2 Å². The van der Waals surface area contributed by atoms with Crippen molar-refractivity contribution in [2.45, 2.75) is 0 Å². The van der Waals surface area contributed by atoms with Crippen molar-refractivity contribution >= 4 is 17.6 Å². The zero-order valence-electron chi connectivity index (χ0n) is 5.69. The molecular formula is C5H9ClN4. The molecule has 0 fully saturated rings. The molecule has 4 nitrogen and oxygen atoms in total. The lowest BCUT2D eigenvalue weighted by Crippen LogP contribution is -2.31. The fourth-order valence-electron chi connectivity index (χ4n) is 0.388. The first kappa shape index (κ1) is 9.05. The third-order valence-electron chi connectivity index (χ3n) is 0.766. The molecule has 10 heavy (non-hydrogen) atoms. The summed E-state index contributed by atoms with van der Waals surface area (Å²) in [6.07, 6.45) is 1.74. The van der Waals surface area contributed by atoms with Gasteiger partial charge in [0.2, 0.25) is 5.96 Å². The van der Waals surface area contributed by atoms with Crippen LogP contribution in [0.4, 0.5) is 0 Å². The van der Waals surface area contributed by atoms with E-state index < -0.39 is 0 Å². The minimum absolute atomic E-state index is 0.447. The Morgan fingerprint density at radius 3 is 2.90 bits per heavy atom. The number of rotatable bonds is 2. The molecule has 0 saturated heterocycles. The van der Waals surface area contributed by atoms with Crippen molar-refractivity contribution in [3.05, 3.63) is 0 Å². The molecule has 0 bridgehead atoms. The Morgan fingerprint density at radius 2 is 2.50 bits per heavy atom. The molecule has 5 heteroatoms. The number of hydrogen-bond acceptors (Lipinski definition) is 2. The molecule has 0 aliphatic rings. The van der Waals surface area contributed by atoms with E-state index in [1.54, 1.807) is 13.2 Å². The fourth-order valence-corrected chi connectivity index (χ4v) is 0.473. The number of nitriles is 1. The summed E-state index contributed by atoms with van der Waals surface area (Å²) in [5.41, 5.74) is 0. The monoisotopic (exact) mass is 160 g/mol. The normalized spacial score (nSPS) is 10.3. The third-order valence-corrected chi connectivity index (χ3v) is 0.935. The third kappa shape index (κ3) is 3.98. The van der Waals surface area contributed by atoms with Crippen LogP contribution in [-0.4, -0.2) is 25.4 Å². The number of hydrogen-bond donors (Lipinski definition) is 2. The van der Waals surface area contributed by atoms with Gasteiger partial charge in [0.1, 0.15) is 0 Å². The van der Waals surface area contributed by atoms with Crippen molar-refractivity contribution in [3.63, 3.8) is 0 Å². The van der Waals surface area contributed by atoms with Crippen molar-refractivity contribution in [2.24, 2.45) is 4.99 Å². The summed E-state index contributed by atoms with van der Waals surface area (Å²) in [5, 5.41) is 13.2. The summed E-state index contributed by atoms with van der Waals surface area (Å²) in [6, 6.07) is 0. The molecule has 0 amide bonds. The SMILES string of the molecule is CNC(=NCCCl)NC#N. The highest BCUT2D eigenvalue weighted by Crippen LogP contribution is 1.75. The van der Waals surface area contributed by atoms with E-state index in [-0.39, 0.29) is 0 Å². The lowest BCUT2D eigenvalue weighted by atomic mass is 10.7. The van der Waals surface area contributed by atoms with Crippen LogP contribution in [0.25, 0.3) is 0 Å². The standard InChI is InChI=1S/C5H9ClN4/c1-8-5(10-4-7)9-3-2-6/h2-3H2,1H3,(H2,8,9,10). The maximum absolute atomic E-state index is 8.15. The van der Waals surface area contributed by atoms with Crippen LogP contribution in [0.15, 0.2) is 4.99 Å². The van der Waals surface area contributed by atoms with E-state index in [9.17, 15) is 0 Å². The molecule has 0 aromatic carbocycles. The highest BCUT2D eigenvalue weighted by Gasteiger charge is 1.88. The van der Waals surface area contributed by atoms with Gasteiger partial charge in [0.15, 0.2) is 6.19 Å². The van der Waals surface area contributed by atoms with Gasteiger partial charge >= 0.3 is 0 Å². The van der Waals surface area contributed by atoms with E-state index in [0.29, 0.717) is 18.4 Å². The molecule has 0 radical (unpaired) electrons. The Morgan fingerprint density at radius 1 is 1.80 bits per heavy atom. The Labute approximate surface area is 64.9 Å². The predicted octanol–water partition coefficient (Wildman–Crippen LogP) is -0.129. The number of alkyl halides is 1. The molecule has 2 N–H and O–H groups in total. The van der Waals surface area contributed by atoms with Gasteiger partial charge in [-0.1, -0.05) is 0 Å². The van der Waals surface area contributed by atoms with Crippen molar-refractivity contribution in [1.82, 2.24) is 10.6 Å². The maximum atomic E-state index is 8.15. The molecule has 0 aliphatic heterocycles. The molecule has 56 valence electrons. The lowest BCUT2D eigenvalue weighted by molar-refractivity contribution is 1.01. The summed E-state index contributed by atoms with van der Waals surface area (Å²) in [6.45, 7) is 0.506. The quantitative estimate of drug-likeness (QED) is 0.195. The summed E-state index contributed by atoms with van der Waals surface area (Å²) in [7, 11) is 1.68. The molecule has 0 aliphatic carbocycles. The second-order valence-corrected chi connectivity index (χ2v) is 1.78. The second-order valence-electron chi connectivity index (χ2n) is 1.41. The first-order valence-electron chi connectivity index (χ1n) is 2.78. The van der Waals surface area contributed by atoms with Crippen LogP contribution in [0.1, 0.15) is 0 Å². The zero-order valence-corrected chi connectivity index (χ0v) is 6.44. The van der Waals surface area contributed by atoms with Crippen LogP contribution in [0.5, 0.6) is 0 Å². The van der Waals surface area contributed by atoms with E-state index in [4.69, 9.17) is 16.9 Å². The number of nitrogens with one attached hydrogen (secondary N) is 2. The van der Waals surface area contributed by atoms with Gasteiger partial charge in [-0.25, -0.2) is 0 Å². The van der Waals surface area contributed by atoms with Crippen LogP contribution in [-0.2, 0) is 0 Å². The molecule has 0 saturated carbocycles. The van der Waals surface area contributed by atoms with E-state index in [1.165, 1.54) is 0 Å². The highest BCUT2D eigenvalue weighted by molar-refractivity contribution is 6.18. The van der Waals surface area contributed by atoms with Gasteiger partial charge < -0.3 is 5.32 Å². The number of guanidine groups is 1. The average Bonchev–Trinajstić information content (AvgIpc) is 1.98. The average molecular weight is 161 g/mol. The molecule has 0 aromatic rings. The Bertz CT molecular complexity index is 148. The molecule has 0 heterocycles.